The topological polar surface area (TPSA) is 194 Å². The number of likely N-dealkylation sites (tertiary alicyclic amines) is 1. The summed E-state index contributed by atoms with van der Waals surface area (Å²) in [7, 11) is -4.68. The van der Waals surface area contributed by atoms with Gasteiger partial charge in [-0.25, -0.2) is 13.1 Å². The van der Waals surface area contributed by atoms with Crippen molar-refractivity contribution in [1.82, 2.24) is 19.6 Å². The highest BCUT2D eigenvalue weighted by atomic mass is 32.2. The number of nitrogens with zero attached hydrogens (tertiary/aromatic N) is 5. The largest absolute Gasteiger partial charge is 0.489 e. The van der Waals surface area contributed by atoms with Crippen LogP contribution < -0.4 is 29.3 Å². The molecule has 1 amide bonds. The molecular weight excluding hydrogens is 853 g/mol. The maximum Gasteiger partial charge on any atom is 0.297 e. The molecule has 6 aliphatic rings. The van der Waals surface area contributed by atoms with Gasteiger partial charge >= 0.3 is 0 Å². The predicted molar refractivity (Wildman–Crippen MR) is 243 cm³/mol. The van der Waals surface area contributed by atoms with Crippen LogP contribution in [0.5, 0.6) is 11.6 Å². The lowest BCUT2D eigenvalue weighted by Crippen LogP contribution is -2.66. The smallest absolute Gasteiger partial charge is 0.297 e. The van der Waals surface area contributed by atoms with Gasteiger partial charge in [0.25, 0.3) is 21.6 Å². The lowest BCUT2D eigenvalue weighted by Gasteiger charge is -2.62. The lowest BCUT2D eigenvalue weighted by atomic mass is 9.60. The molecule has 1 spiro atoms. The van der Waals surface area contributed by atoms with E-state index in [1.54, 1.807) is 12.3 Å². The van der Waals surface area contributed by atoms with Crippen LogP contribution in [0.15, 0.2) is 77.8 Å². The summed E-state index contributed by atoms with van der Waals surface area (Å²) in [6.45, 7) is 9.73. The van der Waals surface area contributed by atoms with Crippen molar-refractivity contribution in [1.29, 1.82) is 0 Å². The molecule has 5 aromatic rings. The molecule has 1 saturated carbocycles. The minimum atomic E-state index is -4.68. The first kappa shape index (κ1) is 41.7. The highest BCUT2D eigenvalue weighted by Crippen LogP contribution is 2.55. The molecule has 340 valence electrons. The molecule has 4 atom stereocenters. The average Bonchev–Trinajstić information content (AvgIpc) is 4.04. The van der Waals surface area contributed by atoms with Gasteiger partial charge in [0.05, 0.1) is 59.1 Å². The molecule has 0 unspecified atom stereocenters. The van der Waals surface area contributed by atoms with Crippen LogP contribution in [0.3, 0.4) is 0 Å². The summed E-state index contributed by atoms with van der Waals surface area (Å²) in [5.41, 5.74) is 5.22. The Kier molecular flexibility index (Phi) is 10.2. The maximum atomic E-state index is 14.6. The number of hydrogen-bond acceptors (Lipinski definition) is 14. The van der Waals surface area contributed by atoms with E-state index in [9.17, 15) is 23.3 Å². The number of fused-ring (bicyclic) bond motifs is 4. The summed E-state index contributed by atoms with van der Waals surface area (Å²) in [6.07, 6.45) is 5.95. The van der Waals surface area contributed by atoms with Gasteiger partial charge in [-0.1, -0.05) is 24.3 Å². The first-order chi connectivity index (χ1) is 31.3. The third kappa shape index (κ3) is 7.39. The zero-order chi connectivity index (χ0) is 44.8. The van der Waals surface area contributed by atoms with E-state index in [-0.39, 0.29) is 47.8 Å². The maximum absolute atomic E-state index is 14.6. The van der Waals surface area contributed by atoms with Crippen molar-refractivity contribution in [2.45, 2.75) is 87.7 Å². The number of benzene rings is 3. The van der Waals surface area contributed by atoms with E-state index in [0.717, 1.165) is 49.6 Å². The number of pyridine rings is 1. The summed E-state index contributed by atoms with van der Waals surface area (Å²) in [6, 6.07) is 20.4. The predicted octanol–water partition coefficient (Wildman–Crippen LogP) is 6.60. The number of carbonyl (C=O) groups excluding carboxylic acids is 1. The van der Waals surface area contributed by atoms with Gasteiger partial charge in [-0.15, -0.1) is 0 Å². The SMILES string of the molecule is Cc1ccccc1[C@@H]1CCCN1C1CC2(C1)CN(c1ccc(C(=O)NS(=O)(=O)c3cc4c(c([N+](=O)[O-])c3)N[C@H](COC(C)C)CO4)c(N3c4cc5cc[nH]c5nc4O[C@H]4COC[C@@H]43)c1)C2. The fraction of sp³-hybridized carbons (Fsp3) is 0.447. The van der Waals surface area contributed by atoms with E-state index in [1.807, 2.05) is 43.0 Å². The van der Waals surface area contributed by atoms with Crippen LogP contribution in [0.2, 0.25) is 0 Å². The Balaban J connectivity index is 0.896. The molecule has 17 nitrogen and oxygen atoms in total. The van der Waals surface area contributed by atoms with Gasteiger partial charge in [0, 0.05) is 60.0 Å². The third-order valence-corrected chi connectivity index (χ3v) is 15.4. The van der Waals surface area contributed by atoms with E-state index in [0.29, 0.717) is 48.2 Å². The standard InChI is InChI=1S/C47H52N8O9S/c1-27(2)62-21-30-22-63-41-18-33(17-38(55(57)58)43(41)49-30)65(59,60)51-45(56)35-11-10-31(16-37(35)54-39-15-29-12-13-48-44(29)50-46(39)64-42-24-61-23-40(42)54)52-25-47(26-52)19-32(20-47)53-14-6-9-36(53)34-8-5-4-7-28(34)3/h4-5,7-8,10-13,15-18,27,30,32,36,40,42,49H,6,9,14,19-26H2,1-3H3,(H,48,50)(H,51,56)/t30-,36+,40+,42+/m1/s1. The number of aryl methyl sites for hydroxylation is 1. The Labute approximate surface area is 376 Å². The number of nitrogens with one attached hydrogen (secondary N) is 3. The lowest BCUT2D eigenvalue weighted by molar-refractivity contribution is -0.384. The van der Waals surface area contributed by atoms with Gasteiger partial charge < -0.3 is 39.0 Å². The monoisotopic (exact) mass is 904 g/mol. The molecule has 3 aromatic carbocycles. The van der Waals surface area contributed by atoms with Crippen molar-refractivity contribution in [2.24, 2.45) is 5.41 Å². The van der Waals surface area contributed by atoms with Crippen molar-refractivity contribution in [3.05, 3.63) is 99.7 Å². The highest BCUT2D eigenvalue weighted by Gasteiger charge is 2.55. The van der Waals surface area contributed by atoms with Crippen LogP contribution >= 0.6 is 0 Å². The average molecular weight is 905 g/mol. The number of anilines is 4. The zero-order valence-electron chi connectivity index (χ0n) is 36.5. The van der Waals surface area contributed by atoms with Gasteiger partial charge in [-0.3, -0.25) is 19.8 Å². The zero-order valence-corrected chi connectivity index (χ0v) is 37.3. The molecule has 0 radical (unpaired) electrons. The molecule has 3 saturated heterocycles. The molecule has 11 rings (SSSR count). The first-order valence-electron chi connectivity index (χ1n) is 22.5. The Morgan fingerprint density at radius 2 is 1.89 bits per heavy atom. The number of rotatable bonds is 11. The second-order valence-corrected chi connectivity index (χ2v) is 20.5. The molecule has 3 N–H and O–H groups in total. The van der Waals surface area contributed by atoms with Crippen molar-refractivity contribution >= 4 is 55.4 Å². The van der Waals surface area contributed by atoms with E-state index in [4.69, 9.17) is 23.9 Å². The summed E-state index contributed by atoms with van der Waals surface area (Å²) in [5.74, 6) is -0.569. The number of hydrogen-bond donors (Lipinski definition) is 3. The molecule has 18 heteroatoms. The number of amides is 1. The number of aromatic nitrogens is 2. The summed E-state index contributed by atoms with van der Waals surface area (Å²) < 4.78 is 54.4. The molecule has 7 heterocycles. The minimum Gasteiger partial charge on any atom is -0.489 e. The van der Waals surface area contributed by atoms with Gasteiger partial charge in [-0.2, -0.15) is 4.98 Å². The molecule has 2 aromatic heterocycles. The second-order valence-electron chi connectivity index (χ2n) is 18.8. The highest BCUT2D eigenvalue weighted by molar-refractivity contribution is 7.90. The Hall–Kier alpha value is -5.95. The fourth-order valence-electron chi connectivity index (χ4n) is 10.9. The minimum absolute atomic E-state index is 0.0183. The number of sulfonamides is 1. The number of carbonyl (C=O) groups is 1. The van der Waals surface area contributed by atoms with Crippen LogP contribution in [0, 0.1) is 22.5 Å². The van der Waals surface area contributed by atoms with Crippen molar-refractivity contribution in [2.75, 3.05) is 61.2 Å². The van der Waals surface area contributed by atoms with Crippen molar-refractivity contribution < 1.29 is 37.1 Å². The van der Waals surface area contributed by atoms with Gasteiger partial charge in [-0.05, 0) is 94.5 Å². The molecule has 0 bridgehead atoms. The normalized spacial score (nSPS) is 23.5. The van der Waals surface area contributed by atoms with E-state index in [2.05, 4.69) is 56.0 Å². The van der Waals surface area contributed by atoms with E-state index in [1.165, 1.54) is 30.0 Å². The van der Waals surface area contributed by atoms with Crippen molar-refractivity contribution in [3.63, 3.8) is 0 Å². The van der Waals surface area contributed by atoms with Crippen LogP contribution in [-0.2, 0) is 19.5 Å². The first-order valence-corrected chi connectivity index (χ1v) is 23.9. The summed E-state index contributed by atoms with van der Waals surface area (Å²) in [5, 5.41) is 16.2. The number of nitro groups is 1. The fourth-order valence-corrected chi connectivity index (χ4v) is 11.9. The van der Waals surface area contributed by atoms with Gasteiger partial charge in [0.1, 0.15) is 24.0 Å². The van der Waals surface area contributed by atoms with Gasteiger partial charge in [0.15, 0.2) is 11.4 Å². The van der Waals surface area contributed by atoms with Crippen LogP contribution in [0.25, 0.3) is 11.0 Å². The van der Waals surface area contributed by atoms with E-state index >= 15 is 0 Å². The Bertz CT molecular complexity index is 2820. The molecule has 4 fully saturated rings. The van der Waals surface area contributed by atoms with Crippen LogP contribution in [0.4, 0.5) is 28.4 Å². The second kappa shape index (κ2) is 15.9. The molecule has 5 aliphatic heterocycles. The number of aromatic amines is 1. The molecular formula is C47H52N8O9S. The molecule has 1 aliphatic carbocycles. The summed E-state index contributed by atoms with van der Waals surface area (Å²) >= 11 is 0. The van der Waals surface area contributed by atoms with Crippen LogP contribution in [-0.4, -0.2) is 111 Å². The quantitative estimate of drug-likeness (QED) is 0.0948. The third-order valence-electron chi connectivity index (χ3n) is 14.1. The van der Waals surface area contributed by atoms with Gasteiger partial charge in [0.2, 0.25) is 5.88 Å². The number of H-pyrrole nitrogens is 1. The Morgan fingerprint density at radius 1 is 1.06 bits per heavy atom. The number of nitro benzene ring substituents is 1. The van der Waals surface area contributed by atoms with Crippen LogP contribution in [0.1, 0.15) is 67.1 Å². The van der Waals surface area contributed by atoms with Crippen molar-refractivity contribution in [3.8, 4) is 11.6 Å². The Morgan fingerprint density at radius 3 is 2.69 bits per heavy atom. The molecule has 65 heavy (non-hydrogen) atoms. The summed E-state index contributed by atoms with van der Waals surface area (Å²) in [4.78, 5) is 40.7. The van der Waals surface area contributed by atoms with E-state index < -0.39 is 43.6 Å². The number of ether oxygens (including phenoxy) is 4.